The van der Waals surface area contributed by atoms with Gasteiger partial charge in [0.15, 0.2) is 5.78 Å². The average Bonchev–Trinajstić information content (AvgIpc) is 2.80. The third-order valence-electron chi connectivity index (χ3n) is 5.79. The molecule has 1 N–H and O–H groups in total. The Hall–Kier alpha value is -3.09. The second-order valence-corrected chi connectivity index (χ2v) is 8.89. The summed E-state index contributed by atoms with van der Waals surface area (Å²) < 4.78 is 39.3. The number of ketones is 1. The van der Waals surface area contributed by atoms with Crippen LogP contribution in [0.25, 0.3) is 0 Å². The van der Waals surface area contributed by atoms with E-state index >= 15 is 0 Å². The summed E-state index contributed by atoms with van der Waals surface area (Å²) in [6.07, 6.45) is -3.58. The third kappa shape index (κ3) is 3.84. The van der Waals surface area contributed by atoms with Gasteiger partial charge in [-0.1, -0.05) is 38.1 Å². The number of nitrogens with one attached hydrogen (secondary N) is 1. The number of carbonyl (C=O) groups is 2. The third-order valence-corrected chi connectivity index (χ3v) is 5.79. The van der Waals surface area contributed by atoms with Crippen molar-refractivity contribution >= 4 is 23.1 Å². The number of fused-ring (bicyclic) bond motifs is 1. The standard InChI is InChI=1S/C24H23F3N2O2/c1-14(30)29-19-7-5-4-6-17(19)28-18-12-23(2,3)13-20(31)21(18)22(29)15-8-10-16(11-9-15)24(25,26)27/h4-11,22,28H,12-13H2,1-3H3. The van der Waals surface area contributed by atoms with Crippen LogP contribution in [0, 0.1) is 5.41 Å². The zero-order valence-electron chi connectivity index (χ0n) is 17.5. The minimum atomic E-state index is -4.47. The van der Waals surface area contributed by atoms with Crippen molar-refractivity contribution in [1.82, 2.24) is 0 Å². The number of amides is 1. The summed E-state index contributed by atoms with van der Waals surface area (Å²) in [6, 6.07) is 11.1. The molecule has 1 aliphatic carbocycles. The number of nitrogens with zero attached hydrogens (tertiary/aromatic N) is 1. The van der Waals surface area contributed by atoms with Crippen LogP contribution in [0.4, 0.5) is 24.5 Å². The molecule has 1 unspecified atom stereocenters. The van der Waals surface area contributed by atoms with Gasteiger partial charge in [-0.15, -0.1) is 0 Å². The first kappa shape index (κ1) is 21.2. The van der Waals surface area contributed by atoms with Crippen molar-refractivity contribution in [2.45, 2.75) is 45.8 Å². The Balaban J connectivity index is 1.96. The van der Waals surface area contributed by atoms with Gasteiger partial charge >= 0.3 is 6.18 Å². The van der Waals surface area contributed by atoms with Crippen molar-refractivity contribution in [2.24, 2.45) is 5.41 Å². The van der Waals surface area contributed by atoms with E-state index in [1.807, 2.05) is 26.0 Å². The van der Waals surface area contributed by atoms with Crippen LogP contribution in [0.3, 0.4) is 0 Å². The molecule has 4 rings (SSSR count). The van der Waals surface area contributed by atoms with Gasteiger partial charge in [0.1, 0.15) is 0 Å². The number of anilines is 2. The highest BCUT2D eigenvalue weighted by atomic mass is 19.4. The number of alkyl halides is 3. The molecule has 4 nitrogen and oxygen atoms in total. The fourth-order valence-electron chi connectivity index (χ4n) is 4.51. The van der Waals surface area contributed by atoms with Crippen molar-refractivity contribution in [2.75, 3.05) is 10.2 Å². The Labute approximate surface area is 178 Å². The first-order chi connectivity index (χ1) is 14.5. The van der Waals surface area contributed by atoms with E-state index in [0.29, 0.717) is 41.1 Å². The van der Waals surface area contributed by atoms with Crippen LogP contribution >= 0.6 is 0 Å². The largest absolute Gasteiger partial charge is 0.416 e. The molecule has 1 atom stereocenters. The molecule has 0 spiro atoms. The summed E-state index contributed by atoms with van der Waals surface area (Å²) >= 11 is 0. The Morgan fingerprint density at radius 1 is 1.06 bits per heavy atom. The smallest absolute Gasteiger partial charge is 0.357 e. The summed E-state index contributed by atoms with van der Waals surface area (Å²) in [6.45, 7) is 5.41. The van der Waals surface area contributed by atoms with Gasteiger partial charge in [0.25, 0.3) is 0 Å². The van der Waals surface area contributed by atoms with Gasteiger partial charge in [0.05, 0.1) is 23.0 Å². The highest BCUT2D eigenvalue weighted by Crippen LogP contribution is 2.48. The highest BCUT2D eigenvalue weighted by Gasteiger charge is 2.42. The van der Waals surface area contributed by atoms with E-state index in [0.717, 1.165) is 12.1 Å². The first-order valence-corrected chi connectivity index (χ1v) is 10.1. The maximum Gasteiger partial charge on any atom is 0.416 e. The van der Waals surface area contributed by atoms with Gasteiger partial charge in [-0.05, 0) is 41.7 Å². The lowest BCUT2D eigenvalue weighted by Gasteiger charge is -2.36. The molecule has 1 amide bonds. The second kappa shape index (κ2) is 7.25. The molecule has 0 radical (unpaired) electrons. The molecule has 1 aliphatic heterocycles. The zero-order valence-corrected chi connectivity index (χ0v) is 17.5. The monoisotopic (exact) mass is 428 g/mol. The molecule has 0 saturated heterocycles. The van der Waals surface area contributed by atoms with Crippen LogP contribution in [0.5, 0.6) is 0 Å². The fourth-order valence-corrected chi connectivity index (χ4v) is 4.51. The van der Waals surface area contributed by atoms with Crippen molar-refractivity contribution in [1.29, 1.82) is 0 Å². The summed E-state index contributed by atoms with van der Waals surface area (Å²) in [5.74, 6) is -0.409. The van der Waals surface area contributed by atoms with E-state index in [1.54, 1.807) is 12.1 Å². The first-order valence-electron chi connectivity index (χ1n) is 10.1. The van der Waals surface area contributed by atoms with Gasteiger partial charge in [0.2, 0.25) is 5.91 Å². The molecule has 2 aromatic carbocycles. The van der Waals surface area contributed by atoms with E-state index < -0.39 is 17.8 Å². The number of carbonyl (C=O) groups excluding carboxylic acids is 2. The van der Waals surface area contributed by atoms with Crippen LogP contribution in [0.2, 0.25) is 0 Å². The lowest BCUT2D eigenvalue weighted by molar-refractivity contribution is -0.137. The Morgan fingerprint density at radius 2 is 1.71 bits per heavy atom. The zero-order chi connectivity index (χ0) is 22.6. The number of allylic oxidation sites excluding steroid dienone is 1. The lowest BCUT2D eigenvalue weighted by atomic mass is 9.73. The topological polar surface area (TPSA) is 49.4 Å². The minimum Gasteiger partial charge on any atom is -0.357 e. The number of rotatable bonds is 1. The SMILES string of the molecule is CC(=O)N1c2ccccc2NC2=C(C(=O)CC(C)(C)C2)C1c1ccc(C(F)(F)F)cc1. The molecule has 2 aliphatic rings. The second-order valence-electron chi connectivity index (χ2n) is 8.89. The Kier molecular flexibility index (Phi) is 4.95. The Morgan fingerprint density at radius 3 is 2.32 bits per heavy atom. The predicted octanol–water partition coefficient (Wildman–Crippen LogP) is 5.87. The number of Topliss-reactive ketones (excluding diaryl/α,β-unsaturated/α-hetero) is 1. The van der Waals surface area contributed by atoms with E-state index in [-0.39, 0.29) is 17.1 Å². The molecular weight excluding hydrogens is 405 g/mol. The molecule has 0 bridgehead atoms. The molecular formula is C24H23F3N2O2. The van der Waals surface area contributed by atoms with Crippen LogP contribution in [0.15, 0.2) is 59.8 Å². The molecule has 0 fully saturated rings. The molecule has 31 heavy (non-hydrogen) atoms. The molecule has 0 aromatic heterocycles. The number of benzene rings is 2. The van der Waals surface area contributed by atoms with E-state index in [2.05, 4.69) is 5.32 Å². The summed E-state index contributed by atoms with van der Waals surface area (Å²) in [5.41, 5.74) is 1.83. The summed E-state index contributed by atoms with van der Waals surface area (Å²) in [5, 5.41) is 3.35. The van der Waals surface area contributed by atoms with Gasteiger partial charge in [0, 0.05) is 24.6 Å². The quantitative estimate of drug-likeness (QED) is 0.618. The van der Waals surface area contributed by atoms with Gasteiger partial charge in [-0.2, -0.15) is 13.2 Å². The van der Waals surface area contributed by atoms with Crippen molar-refractivity contribution in [3.63, 3.8) is 0 Å². The maximum absolute atomic E-state index is 13.3. The Bertz CT molecular complexity index is 1080. The average molecular weight is 428 g/mol. The number of hydrogen-bond acceptors (Lipinski definition) is 3. The fraction of sp³-hybridized carbons (Fsp3) is 0.333. The van der Waals surface area contributed by atoms with Gasteiger partial charge in [-0.3, -0.25) is 14.5 Å². The number of para-hydroxylation sites is 2. The van der Waals surface area contributed by atoms with Crippen molar-refractivity contribution < 1.29 is 22.8 Å². The summed E-state index contributed by atoms with van der Waals surface area (Å²) in [4.78, 5) is 27.6. The lowest BCUT2D eigenvalue weighted by Crippen LogP contribution is -2.38. The van der Waals surface area contributed by atoms with E-state index in [4.69, 9.17) is 0 Å². The van der Waals surface area contributed by atoms with E-state index in [9.17, 15) is 22.8 Å². The minimum absolute atomic E-state index is 0.109. The highest BCUT2D eigenvalue weighted by molar-refractivity contribution is 6.05. The van der Waals surface area contributed by atoms with Gasteiger partial charge in [-0.25, -0.2) is 0 Å². The van der Waals surface area contributed by atoms with Gasteiger partial charge < -0.3 is 5.32 Å². The van der Waals surface area contributed by atoms with Crippen LogP contribution in [-0.4, -0.2) is 11.7 Å². The van der Waals surface area contributed by atoms with Crippen molar-refractivity contribution in [3.05, 3.63) is 70.9 Å². The number of hydrogen-bond donors (Lipinski definition) is 1. The molecule has 7 heteroatoms. The van der Waals surface area contributed by atoms with Crippen LogP contribution < -0.4 is 10.2 Å². The number of halogens is 3. The molecule has 0 saturated carbocycles. The molecule has 1 heterocycles. The van der Waals surface area contributed by atoms with Crippen LogP contribution in [0.1, 0.15) is 50.8 Å². The van der Waals surface area contributed by atoms with Crippen LogP contribution in [-0.2, 0) is 15.8 Å². The predicted molar refractivity (Wildman–Crippen MR) is 112 cm³/mol. The van der Waals surface area contributed by atoms with E-state index in [1.165, 1.54) is 24.0 Å². The van der Waals surface area contributed by atoms with Crippen molar-refractivity contribution in [3.8, 4) is 0 Å². The summed E-state index contributed by atoms with van der Waals surface area (Å²) in [7, 11) is 0. The molecule has 2 aromatic rings. The maximum atomic E-state index is 13.3. The molecule has 162 valence electrons. The normalized spacial score (nSPS) is 20.5.